The van der Waals surface area contributed by atoms with Gasteiger partial charge in [-0.1, -0.05) is 30.3 Å². The zero-order valence-corrected chi connectivity index (χ0v) is 17.3. The average molecular weight is 403 g/mol. The molecular weight excluding hydrogens is 376 g/mol. The summed E-state index contributed by atoms with van der Waals surface area (Å²) < 4.78 is 7.25. The summed E-state index contributed by atoms with van der Waals surface area (Å²) in [5.74, 6) is 1.28. The molecule has 2 heterocycles. The lowest BCUT2D eigenvalue weighted by molar-refractivity contribution is 0.147. The largest absolute Gasteiger partial charge is 0.382 e. The molecule has 0 atom stereocenters. The smallest absolute Gasteiger partial charge is 0.226 e. The van der Waals surface area contributed by atoms with Gasteiger partial charge >= 0.3 is 0 Å². The molecule has 0 aliphatic carbocycles. The number of rotatable bonds is 9. The van der Waals surface area contributed by atoms with Crippen molar-refractivity contribution in [1.82, 2.24) is 19.7 Å². The number of hydrogen-bond donors (Lipinski definition) is 2. The fraction of sp³-hybridized carbons (Fsp3) is 0.261. The molecule has 0 saturated carbocycles. The van der Waals surface area contributed by atoms with Gasteiger partial charge < -0.3 is 15.4 Å². The van der Waals surface area contributed by atoms with E-state index in [1.807, 2.05) is 54.1 Å². The van der Waals surface area contributed by atoms with E-state index < -0.39 is 0 Å². The summed E-state index contributed by atoms with van der Waals surface area (Å²) in [4.78, 5) is 9.47. The highest BCUT2D eigenvalue weighted by Crippen LogP contribution is 2.27. The van der Waals surface area contributed by atoms with Crippen LogP contribution in [-0.2, 0) is 4.74 Å². The summed E-state index contributed by atoms with van der Waals surface area (Å²) in [6.07, 6.45) is 2.69. The maximum atomic E-state index is 5.41. The molecule has 2 aromatic carbocycles. The topological polar surface area (TPSA) is 76.9 Å². The van der Waals surface area contributed by atoms with Crippen LogP contribution in [0.5, 0.6) is 0 Å². The fourth-order valence-electron chi connectivity index (χ4n) is 3.22. The van der Waals surface area contributed by atoms with Gasteiger partial charge in [-0.25, -0.2) is 4.68 Å². The highest BCUT2D eigenvalue weighted by Gasteiger charge is 2.14. The molecule has 0 saturated heterocycles. The van der Waals surface area contributed by atoms with Gasteiger partial charge in [0.15, 0.2) is 5.65 Å². The summed E-state index contributed by atoms with van der Waals surface area (Å²) in [6.45, 7) is 6.23. The molecule has 0 unspecified atom stereocenters. The Morgan fingerprint density at radius 3 is 2.70 bits per heavy atom. The number of benzene rings is 2. The van der Waals surface area contributed by atoms with Gasteiger partial charge in [-0.05, 0) is 50.1 Å². The summed E-state index contributed by atoms with van der Waals surface area (Å²) in [5.41, 5.74) is 3.86. The van der Waals surface area contributed by atoms with Crippen molar-refractivity contribution >= 4 is 28.5 Å². The first-order valence-electron chi connectivity index (χ1n) is 10.2. The van der Waals surface area contributed by atoms with Crippen LogP contribution in [0.25, 0.3) is 16.7 Å². The predicted molar refractivity (Wildman–Crippen MR) is 121 cm³/mol. The number of anilines is 3. The Bertz CT molecular complexity index is 1110. The van der Waals surface area contributed by atoms with E-state index in [1.54, 1.807) is 6.20 Å². The molecule has 0 aliphatic heterocycles. The quantitative estimate of drug-likeness (QED) is 0.395. The minimum absolute atomic E-state index is 0.562. The molecule has 0 aliphatic rings. The van der Waals surface area contributed by atoms with Crippen LogP contribution in [0.15, 0.2) is 60.8 Å². The van der Waals surface area contributed by atoms with E-state index in [1.165, 1.54) is 5.56 Å². The van der Waals surface area contributed by atoms with E-state index in [0.717, 1.165) is 47.8 Å². The summed E-state index contributed by atoms with van der Waals surface area (Å²) in [7, 11) is 0. The molecular formula is C23H26N6O. The second kappa shape index (κ2) is 9.37. The van der Waals surface area contributed by atoms with Crippen molar-refractivity contribution in [2.24, 2.45) is 0 Å². The van der Waals surface area contributed by atoms with Crippen molar-refractivity contribution < 1.29 is 4.74 Å². The minimum atomic E-state index is 0.562. The second-order valence-corrected chi connectivity index (χ2v) is 7.00. The van der Waals surface area contributed by atoms with Gasteiger partial charge in [0.25, 0.3) is 0 Å². The number of aryl methyl sites for hydroxylation is 1. The summed E-state index contributed by atoms with van der Waals surface area (Å²) in [5, 5.41) is 12.2. The number of nitrogens with zero attached hydrogens (tertiary/aromatic N) is 4. The van der Waals surface area contributed by atoms with Crippen LogP contribution in [0.4, 0.5) is 17.5 Å². The van der Waals surface area contributed by atoms with E-state index in [-0.39, 0.29) is 0 Å². The Balaban J connectivity index is 1.70. The lowest BCUT2D eigenvalue weighted by Crippen LogP contribution is -2.10. The van der Waals surface area contributed by atoms with Crippen LogP contribution in [-0.4, -0.2) is 39.5 Å². The molecule has 30 heavy (non-hydrogen) atoms. The molecule has 0 radical (unpaired) electrons. The molecule has 2 aromatic heterocycles. The molecule has 4 aromatic rings. The number of ether oxygens (including phenoxy) is 1. The van der Waals surface area contributed by atoms with Crippen molar-refractivity contribution in [2.75, 3.05) is 30.4 Å². The van der Waals surface area contributed by atoms with Crippen LogP contribution < -0.4 is 10.6 Å². The maximum absolute atomic E-state index is 5.41. The van der Waals surface area contributed by atoms with Crippen LogP contribution in [0.2, 0.25) is 0 Å². The lowest BCUT2D eigenvalue weighted by atomic mass is 10.2. The normalized spacial score (nSPS) is 11.0. The minimum Gasteiger partial charge on any atom is -0.382 e. The van der Waals surface area contributed by atoms with Crippen LogP contribution in [0.1, 0.15) is 18.9 Å². The third-order valence-corrected chi connectivity index (χ3v) is 4.66. The van der Waals surface area contributed by atoms with Gasteiger partial charge in [-0.2, -0.15) is 15.1 Å². The van der Waals surface area contributed by atoms with Gasteiger partial charge in [0.2, 0.25) is 5.95 Å². The first-order valence-corrected chi connectivity index (χ1v) is 10.2. The Labute approximate surface area is 176 Å². The van der Waals surface area contributed by atoms with Crippen LogP contribution in [0, 0.1) is 6.92 Å². The highest BCUT2D eigenvalue weighted by atomic mass is 16.5. The molecule has 7 heteroatoms. The summed E-state index contributed by atoms with van der Waals surface area (Å²) >= 11 is 0. The SMILES string of the molecule is CCOCCCNc1nc(Nc2cccc(C)c2)c2cnn(-c3ccccc3)c2n1. The molecule has 4 rings (SSSR count). The van der Waals surface area contributed by atoms with E-state index in [4.69, 9.17) is 14.7 Å². The van der Waals surface area contributed by atoms with Gasteiger partial charge in [-0.15, -0.1) is 0 Å². The van der Waals surface area contributed by atoms with Crippen molar-refractivity contribution in [3.63, 3.8) is 0 Å². The number of nitrogens with one attached hydrogen (secondary N) is 2. The Kier molecular flexibility index (Phi) is 6.20. The van der Waals surface area contributed by atoms with Gasteiger partial charge in [-0.3, -0.25) is 0 Å². The molecule has 0 amide bonds. The number of hydrogen-bond acceptors (Lipinski definition) is 6. The van der Waals surface area contributed by atoms with Gasteiger partial charge in [0.05, 0.1) is 17.3 Å². The maximum Gasteiger partial charge on any atom is 0.226 e. The highest BCUT2D eigenvalue weighted by molar-refractivity contribution is 5.90. The van der Waals surface area contributed by atoms with Crippen LogP contribution in [0.3, 0.4) is 0 Å². The van der Waals surface area contributed by atoms with Crippen molar-refractivity contribution in [3.8, 4) is 5.69 Å². The first-order chi connectivity index (χ1) is 14.7. The second-order valence-electron chi connectivity index (χ2n) is 7.00. The standard InChI is InChI=1S/C23H26N6O/c1-3-30-14-8-13-24-23-27-21(26-18-10-7-9-17(2)15-18)20-16-25-29(22(20)28-23)19-11-5-4-6-12-19/h4-7,9-12,15-16H,3,8,13-14H2,1-2H3,(H2,24,26,27,28). The number of para-hydroxylation sites is 1. The number of fused-ring (bicyclic) bond motifs is 1. The van der Waals surface area contributed by atoms with E-state index >= 15 is 0 Å². The van der Waals surface area contributed by atoms with Crippen molar-refractivity contribution in [1.29, 1.82) is 0 Å². The molecule has 7 nitrogen and oxygen atoms in total. The van der Waals surface area contributed by atoms with Gasteiger partial charge in [0, 0.05) is 25.4 Å². The Morgan fingerprint density at radius 1 is 1.03 bits per heavy atom. The zero-order chi connectivity index (χ0) is 20.8. The molecule has 0 fully saturated rings. The van der Waals surface area contributed by atoms with Crippen LogP contribution >= 0.6 is 0 Å². The Hall–Kier alpha value is -3.45. The fourth-order valence-corrected chi connectivity index (χ4v) is 3.22. The van der Waals surface area contributed by atoms with Gasteiger partial charge in [0.1, 0.15) is 5.82 Å². The van der Waals surface area contributed by atoms with E-state index in [0.29, 0.717) is 12.6 Å². The molecule has 154 valence electrons. The average Bonchev–Trinajstić information content (AvgIpc) is 3.19. The monoisotopic (exact) mass is 402 g/mol. The first kappa shape index (κ1) is 19.8. The third kappa shape index (κ3) is 4.58. The zero-order valence-electron chi connectivity index (χ0n) is 17.3. The lowest BCUT2D eigenvalue weighted by Gasteiger charge is -2.11. The molecule has 0 spiro atoms. The molecule has 2 N–H and O–H groups in total. The summed E-state index contributed by atoms with van der Waals surface area (Å²) in [6, 6.07) is 18.2. The third-order valence-electron chi connectivity index (χ3n) is 4.66. The van der Waals surface area contributed by atoms with E-state index in [9.17, 15) is 0 Å². The molecule has 0 bridgehead atoms. The van der Waals surface area contributed by atoms with Crippen molar-refractivity contribution in [3.05, 3.63) is 66.4 Å². The number of aromatic nitrogens is 4. The Morgan fingerprint density at radius 2 is 1.90 bits per heavy atom. The predicted octanol–water partition coefficient (Wildman–Crippen LogP) is 4.71. The van der Waals surface area contributed by atoms with E-state index in [2.05, 4.69) is 34.8 Å². The van der Waals surface area contributed by atoms with Crippen molar-refractivity contribution in [2.45, 2.75) is 20.3 Å².